The van der Waals surface area contributed by atoms with E-state index >= 15 is 0 Å². The second-order valence-corrected chi connectivity index (χ2v) is 6.81. The fraction of sp³-hybridized carbons (Fsp3) is 0.125. The van der Waals surface area contributed by atoms with Crippen LogP contribution in [0.2, 0.25) is 0 Å². The van der Waals surface area contributed by atoms with Crippen molar-refractivity contribution in [1.29, 1.82) is 0 Å². The first-order chi connectivity index (χ1) is 14.2. The molecule has 3 aromatic carbocycles. The third kappa shape index (κ3) is 3.94. The van der Waals surface area contributed by atoms with Crippen LogP contribution in [0.1, 0.15) is 12.5 Å². The number of fused-ring (bicyclic) bond motifs is 1. The van der Waals surface area contributed by atoms with Crippen LogP contribution in [0.4, 0.5) is 5.69 Å². The second kappa shape index (κ2) is 8.10. The van der Waals surface area contributed by atoms with Gasteiger partial charge in [0.2, 0.25) is 5.91 Å². The molecule has 0 bridgehead atoms. The number of hydrogen-bond acceptors (Lipinski definition) is 3. The van der Waals surface area contributed by atoms with Gasteiger partial charge in [-0.3, -0.25) is 9.36 Å². The van der Waals surface area contributed by atoms with Gasteiger partial charge in [-0.1, -0.05) is 67.6 Å². The summed E-state index contributed by atoms with van der Waals surface area (Å²) in [4.78, 5) is 29.6. The summed E-state index contributed by atoms with van der Waals surface area (Å²) in [6, 6.07) is 24.8. The maximum Gasteiger partial charge on any atom is 0.349 e. The SMILES string of the molecule is CCc1ccc(NC(=O)Cn2c(=O)nc(-c3ccccc3)c3ccccc32)cc1. The topological polar surface area (TPSA) is 64.0 Å². The Hall–Kier alpha value is -3.73. The van der Waals surface area contributed by atoms with Gasteiger partial charge >= 0.3 is 5.69 Å². The third-order valence-electron chi connectivity index (χ3n) is 4.88. The minimum atomic E-state index is -0.445. The Labute approximate surface area is 168 Å². The number of hydrogen-bond donors (Lipinski definition) is 1. The van der Waals surface area contributed by atoms with Gasteiger partial charge in [0, 0.05) is 16.6 Å². The van der Waals surface area contributed by atoms with Crippen molar-refractivity contribution < 1.29 is 4.79 Å². The van der Waals surface area contributed by atoms with Crippen LogP contribution in [0.15, 0.2) is 83.7 Å². The molecule has 0 spiro atoms. The van der Waals surface area contributed by atoms with E-state index in [2.05, 4.69) is 17.2 Å². The van der Waals surface area contributed by atoms with Gasteiger partial charge in [0.15, 0.2) is 0 Å². The van der Waals surface area contributed by atoms with Gasteiger partial charge in [-0.2, -0.15) is 4.98 Å². The molecule has 0 radical (unpaired) electrons. The van der Waals surface area contributed by atoms with Gasteiger partial charge in [-0.05, 0) is 30.2 Å². The highest BCUT2D eigenvalue weighted by Crippen LogP contribution is 2.25. The molecular weight excluding hydrogens is 362 g/mol. The van der Waals surface area contributed by atoms with Gasteiger partial charge in [0.05, 0.1) is 11.2 Å². The average Bonchev–Trinajstić information content (AvgIpc) is 2.76. The molecule has 0 saturated heterocycles. The predicted molar refractivity (Wildman–Crippen MR) is 116 cm³/mol. The molecule has 4 rings (SSSR count). The van der Waals surface area contributed by atoms with Crippen molar-refractivity contribution in [3.8, 4) is 11.3 Å². The number of carbonyl (C=O) groups is 1. The van der Waals surface area contributed by atoms with Crippen molar-refractivity contribution in [2.24, 2.45) is 0 Å². The van der Waals surface area contributed by atoms with E-state index in [1.807, 2.05) is 78.9 Å². The van der Waals surface area contributed by atoms with Gasteiger partial charge < -0.3 is 5.32 Å². The van der Waals surface area contributed by atoms with Crippen LogP contribution >= 0.6 is 0 Å². The van der Waals surface area contributed by atoms with Gasteiger partial charge in [-0.15, -0.1) is 0 Å². The van der Waals surface area contributed by atoms with Crippen molar-refractivity contribution in [3.05, 3.63) is 94.9 Å². The molecule has 1 heterocycles. The van der Waals surface area contributed by atoms with Crippen molar-refractivity contribution in [2.75, 3.05) is 5.32 Å². The number of amides is 1. The molecule has 4 aromatic rings. The smallest absolute Gasteiger partial charge is 0.325 e. The first-order valence-corrected chi connectivity index (χ1v) is 9.59. The van der Waals surface area contributed by atoms with Crippen LogP contribution in [-0.4, -0.2) is 15.5 Å². The number of aryl methyl sites for hydroxylation is 1. The summed E-state index contributed by atoms with van der Waals surface area (Å²) in [6.07, 6.45) is 0.940. The average molecular weight is 383 g/mol. The van der Waals surface area contributed by atoms with E-state index in [1.54, 1.807) is 0 Å². The highest BCUT2D eigenvalue weighted by molar-refractivity contribution is 5.95. The summed E-state index contributed by atoms with van der Waals surface area (Å²) in [5.74, 6) is -0.268. The van der Waals surface area contributed by atoms with E-state index < -0.39 is 5.69 Å². The highest BCUT2D eigenvalue weighted by atomic mass is 16.2. The number of carbonyl (C=O) groups excluding carboxylic acids is 1. The molecule has 0 aliphatic heterocycles. The lowest BCUT2D eigenvalue weighted by Gasteiger charge is -2.13. The lowest BCUT2D eigenvalue weighted by Crippen LogP contribution is -2.30. The Morgan fingerprint density at radius 1 is 0.931 bits per heavy atom. The largest absolute Gasteiger partial charge is 0.349 e. The third-order valence-corrected chi connectivity index (χ3v) is 4.88. The first-order valence-electron chi connectivity index (χ1n) is 9.59. The minimum absolute atomic E-state index is 0.100. The zero-order valence-electron chi connectivity index (χ0n) is 16.1. The van der Waals surface area contributed by atoms with E-state index in [0.29, 0.717) is 16.9 Å². The summed E-state index contributed by atoms with van der Waals surface area (Å²) in [5.41, 5.74) is 3.64. The molecule has 0 aliphatic rings. The number of para-hydroxylation sites is 1. The Bertz CT molecular complexity index is 1210. The fourth-order valence-corrected chi connectivity index (χ4v) is 3.37. The molecule has 1 aromatic heterocycles. The van der Waals surface area contributed by atoms with Crippen molar-refractivity contribution in [1.82, 2.24) is 9.55 Å². The maximum absolute atomic E-state index is 12.8. The van der Waals surface area contributed by atoms with Crippen LogP contribution in [0.5, 0.6) is 0 Å². The zero-order valence-corrected chi connectivity index (χ0v) is 16.1. The lowest BCUT2D eigenvalue weighted by atomic mass is 10.1. The molecule has 1 amide bonds. The maximum atomic E-state index is 12.8. The van der Waals surface area contributed by atoms with Crippen LogP contribution in [-0.2, 0) is 17.8 Å². The quantitative estimate of drug-likeness (QED) is 0.560. The van der Waals surface area contributed by atoms with Gasteiger partial charge in [0.1, 0.15) is 6.54 Å². The first kappa shape index (κ1) is 18.6. The summed E-state index contributed by atoms with van der Waals surface area (Å²) < 4.78 is 1.41. The molecular formula is C24H21N3O2. The van der Waals surface area contributed by atoms with E-state index in [1.165, 1.54) is 10.1 Å². The number of nitrogens with zero attached hydrogens (tertiary/aromatic N) is 2. The standard InChI is InChI=1S/C24H21N3O2/c1-2-17-12-14-19(15-13-17)25-22(28)16-27-21-11-7-6-10-20(21)23(26-24(27)29)18-8-4-3-5-9-18/h3-15H,2,16H2,1H3,(H,25,28). The highest BCUT2D eigenvalue weighted by Gasteiger charge is 2.14. The lowest BCUT2D eigenvalue weighted by molar-refractivity contribution is -0.116. The van der Waals surface area contributed by atoms with Gasteiger partial charge in [0.25, 0.3) is 0 Å². The van der Waals surface area contributed by atoms with Crippen LogP contribution in [0, 0.1) is 0 Å². The second-order valence-electron chi connectivity index (χ2n) is 6.81. The molecule has 0 aliphatic carbocycles. The summed E-state index contributed by atoms with van der Waals surface area (Å²) in [6.45, 7) is 1.98. The Morgan fingerprint density at radius 3 is 2.34 bits per heavy atom. The number of rotatable bonds is 5. The number of benzene rings is 3. The van der Waals surface area contributed by atoms with E-state index in [-0.39, 0.29) is 12.5 Å². The number of anilines is 1. The predicted octanol–water partition coefficient (Wildman–Crippen LogP) is 4.26. The summed E-state index contributed by atoms with van der Waals surface area (Å²) in [5, 5.41) is 3.69. The van der Waals surface area contributed by atoms with Crippen LogP contribution < -0.4 is 11.0 Å². The van der Waals surface area contributed by atoms with E-state index in [4.69, 9.17) is 0 Å². The monoisotopic (exact) mass is 383 g/mol. The molecule has 144 valence electrons. The summed E-state index contributed by atoms with van der Waals surface area (Å²) >= 11 is 0. The molecule has 0 unspecified atom stereocenters. The number of nitrogens with one attached hydrogen (secondary N) is 1. The normalized spacial score (nSPS) is 10.8. The molecule has 1 N–H and O–H groups in total. The van der Waals surface area contributed by atoms with E-state index in [0.717, 1.165) is 17.4 Å². The molecule has 0 fully saturated rings. The molecule has 29 heavy (non-hydrogen) atoms. The number of aromatic nitrogens is 2. The van der Waals surface area contributed by atoms with Crippen molar-refractivity contribution in [3.63, 3.8) is 0 Å². The van der Waals surface area contributed by atoms with Crippen molar-refractivity contribution >= 4 is 22.5 Å². The van der Waals surface area contributed by atoms with E-state index in [9.17, 15) is 9.59 Å². The minimum Gasteiger partial charge on any atom is -0.325 e. The Balaban J connectivity index is 1.68. The summed E-state index contributed by atoms with van der Waals surface area (Å²) in [7, 11) is 0. The van der Waals surface area contributed by atoms with Crippen LogP contribution in [0.3, 0.4) is 0 Å². The van der Waals surface area contributed by atoms with Gasteiger partial charge in [-0.25, -0.2) is 4.79 Å². The van der Waals surface area contributed by atoms with Crippen molar-refractivity contribution in [2.45, 2.75) is 19.9 Å². The molecule has 0 saturated carbocycles. The zero-order chi connectivity index (χ0) is 20.2. The molecule has 0 atom stereocenters. The molecule has 5 nitrogen and oxygen atoms in total. The molecule has 5 heteroatoms. The Kier molecular flexibility index (Phi) is 5.20. The fourth-order valence-electron chi connectivity index (χ4n) is 3.37. The van der Waals surface area contributed by atoms with Crippen LogP contribution in [0.25, 0.3) is 22.2 Å². The Morgan fingerprint density at radius 2 is 1.62 bits per heavy atom.